The van der Waals surface area contributed by atoms with Gasteiger partial charge in [-0.3, -0.25) is 9.69 Å². The molecule has 27 heavy (non-hydrogen) atoms. The number of benzene rings is 2. The number of aliphatic imine (C=N–C) groups is 1. The van der Waals surface area contributed by atoms with E-state index in [1.54, 1.807) is 23.1 Å². The van der Waals surface area contributed by atoms with Crippen LogP contribution in [0.4, 0.5) is 5.69 Å². The van der Waals surface area contributed by atoms with E-state index < -0.39 is 5.97 Å². The highest BCUT2D eigenvalue weighted by Gasteiger charge is 2.31. The Balaban J connectivity index is 1.84. The second-order valence-corrected chi connectivity index (χ2v) is 6.71. The molecule has 2 aromatic carbocycles. The third kappa shape index (κ3) is 4.54. The first-order valence-corrected chi connectivity index (χ1v) is 9.25. The lowest BCUT2D eigenvalue weighted by atomic mass is 10.2. The van der Waals surface area contributed by atoms with E-state index in [0.29, 0.717) is 22.3 Å². The molecular weight excluding hydrogens is 360 g/mol. The van der Waals surface area contributed by atoms with E-state index >= 15 is 0 Å². The molecule has 1 amide bonds. The van der Waals surface area contributed by atoms with E-state index in [1.807, 2.05) is 49.4 Å². The number of aromatic carboxylic acids is 1. The Morgan fingerprint density at radius 2 is 1.96 bits per heavy atom. The fourth-order valence-corrected chi connectivity index (χ4v) is 3.53. The number of carboxylic acids is 1. The Morgan fingerprint density at radius 3 is 2.67 bits per heavy atom. The summed E-state index contributed by atoms with van der Waals surface area (Å²) in [7, 11) is 0. The minimum absolute atomic E-state index is 0.103. The number of rotatable bonds is 5. The number of allylic oxidation sites excluding steroid dienone is 2. The minimum atomic E-state index is -1.01. The van der Waals surface area contributed by atoms with Gasteiger partial charge in [-0.05, 0) is 48.5 Å². The SMILES string of the molecule is CCN1C(=O)C(=CC=Cc2ccccc2)SC1=Nc1cccc(C(=O)O)c1. The Bertz CT molecular complexity index is 949. The zero-order valence-electron chi connectivity index (χ0n) is 14.7. The fourth-order valence-electron chi connectivity index (χ4n) is 2.51. The van der Waals surface area contributed by atoms with Crippen LogP contribution < -0.4 is 0 Å². The highest BCUT2D eigenvalue weighted by atomic mass is 32.2. The second kappa shape index (κ2) is 8.51. The van der Waals surface area contributed by atoms with Gasteiger partial charge in [0.15, 0.2) is 5.17 Å². The summed E-state index contributed by atoms with van der Waals surface area (Å²) in [5.41, 5.74) is 1.72. The van der Waals surface area contributed by atoms with E-state index in [4.69, 9.17) is 5.11 Å². The van der Waals surface area contributed by atoms with E-state index in [9.17, 15) is 9.59 Å². The van der Waals surface area contributed by atoms with E-state index in [2.05, 4.69) is 4.99 Å². The van der Waals surface area contributed by atoms with Crippen LogP contribution in [0, 0.1) is 0 Å². The van der Waals surface area contributed by atoms with Gasteiger partial charge in [0.1, 0.15) is 0 Å². The summed E-state index contributed by atoms with van der Waals surface area (Å²) < 4.78 is 0. The maximum atomic E-state index is 12.6. The van der Waals surface area contributed by atoms with Gasteiger partial charge in [0, 0.05) is 6.54 Å². The van der Waals surface area contributed by atoms with Gasteiger partial charge in [0.25, 0.3) is 5.91 Å². The van der Waals surface area contributed by atoms with Crippen molar-refractivity contribution in [2.75, 3.05) is 6.54 Å². The summed E-state index contributed by atoms with van der Waals surface area (Å²) in [5, 5.41) is 9.65. The van der Waals surface area contributed by atoms with Crippen molar-refractivity contribution in [2.24, 2.45) is 4.99 Å². The molecule has 1 aliphatic heterocycles. The van der Waals surface area contributed by atoms with Crippen LogP contribution in [0.15, 0.2) is 76.6 Å². The lowest BCUT2D eigenvalue weighted by Crippen LogP contribution is -2.28. The summed E-state index contributed by atoms with van der Waals surface area (Å²) in [6.07, 6.45) is 5.55. The number of amidine groups is 1. The maximum absolute atomic E-state index is 12.6. The second-order valence-electron chi connectivity index (χ2n) is 5.70. The van der Waals surface area contributed by atoms with Crippen LogP contribution in [-0.4, -0.2) is 33.6 Å². The maximum Gasteiger partial charge on any atom is 0.335 e. The molecule has 0 bridgehead atoms. The molecule has 0 spiro atoms. The first-order valence-electron chi connectivity index (χ1n) is 8.43. The van der Waals surface area contributed by atoms with Crippen molar-refractivity contribution >= 4 is 40.6 Å². The summed E-state index contributed by atoms with van der Waals surface area (Å²) in [5.74, 6) is -1.11. The van der Waals surface area contributed by atoms with E-state index in [1.165, 1.54) is 23.9 Å². The smallest absolute Gasteiger partial charge is 0.335 e. The van der Waals surface area contributed by atoms with E-state index in [-0.39, 0.29) is 11.5 Å². The van der Waals surface area contributed by atoms with Crippen molar-refractivity contribution in [2.45, 2.75) is 6.92 Å². The number of thioether (sulfide) groups is 1. The lowest BCUT2D eigenvalue weighted by molar-refractivity contribution is -0.122. The predicted molar refractivity (Wildman–Crippen MR) is 109 cm³/mol. The number of nitrogens with zero attached hydrogens (tertiary/aromatic N) is 2. The largest absolute Gasteiger partial charge is 0.478 e. The van der Waals surface area contributed by atoms with Crippen molar-refractivity contribution in [3.8, 4) is 0 Å². The van der Waals surface area contributed by atoms with Crippen molar-refractivity contribution in [1.29, 1.82) is 0 Å². The molecular formula is C21H18N2O3S. The third-order valence-electron chi connectivity index (χ3n) is 3.86. The van der Waals surface area contributed by atoms with Crippen molar-refractivity contribution in [3.63, 3.8) is 0 Å². The van der Waals surface area contributed by atoms with Crippen LogP contribution in [0.5, 0.6) is 0 Å². The molecule has 1 aliphatic rings. The minimum Gasteiger partial charge on any atom is -0.478 e. The average Bonchev–Trinajstić information content (AvgIpc) is 2.97. The third-order valence-corrected chi connectivity index (χ3v) is 4.88. The normalized spacial score (nSPS) is 17.4. The molecule has 6 heteroatoms. The molecule has 136 valence electrons. The number of likely N-dealkylation sites (N-methyl/N-ethyl adjacent to an activating group) is 1. The van der Waals surface area contributed by atoms with Gasteiger partial charge in [0.05, 0.1) is 16.2 Å². The standard InChI is InChI=1S/C21H18N2O3S/c1-2-23-19(24)18(13-6-10-15-8-4-3-5-9-15)27-21(23)22-17-12-7-11-16(14-17)20(25)26/h3-14H,2H2,1H3,(H,25,26). The molecule has 0 atom stereocenters. The molecule has 5 nitrogen and oxygen atoms in total. The molecule has 0 unspecified atom stereocenters. The van der Waals surface area contributed by atoms with Gasteiger partial charge in [-0.25, -0.2) is 9.79 Å². The van der Waals surface area contributed by atoms with Crippen molar-refractivity contribution in [1.82, 2.24) is 4.90 Å². The molecule has 1 heterocycles. The first kappa shape index (κ1) is 18.7. The number of carbonyl (C=O) groups is 2. The van der Waals surface area contributed by atoms with Gasteiger partial charge < -0.3 is 5.11 Å². The Labute approximate surface area is 161 Å². The zero-order chi connectivity index (χ0) is 19.2. The summed E-state index contributed by atoms with van der Waals surface area (Å²) in [6.45, 7) is 2.37. The highest BCUT2D eigenvalue weighted by molar-refractivity contribution is 8.18. The molecule has 2 aromatic rings. The van der Waals surface area contributed by atoms with Crippen LogP contribution >= 0.6 is 11.8 Å². The molecule has 1 saturated heterocycles. The molecule has 0 aliphatic carbocycles. The number of hydrogen-bond donors (Lipinski definition) is 1. The van der Waals surface area contributed by atoms with Crippen molar-refractivity contribution in [3.05, 3.63) is 82.8 Å². The molecule has 0 saturated carbocycles. The summed E-state index contributed by atoms with van der Waals surface area (Å²) in [6, 6.07) is 16.2. The number of carbonyl (C=O) groups excluding carboxylic acids is 1. The zero-order valence-corrected chi connectivity index (χ0v) is 15.5. The van der Waals surface area contributed by atoms with Crippen molar-refractivity contribution < 1.29 is 14.7 Å². The van der Waals surface area contributed by atoms with Crippen LogP contribution in [-0.2, 0) is 4.79 Å². The van der Waals surface area contributed by atoms with Crippen LogP contribution in [0.2, 0.25) is 0 Å². The van der Waals surface area contributed by atoms with Gasteiger partial charge >= 0.3 is 5.97 Å². The molecule has 1 fully saturated rings. The Hall–Kier alpha value is -3.12. The topological polar surface area (TPSA) is 70.0 Å². The monoisotopic (exact) mass is 378 g/mol. The molecule has 0 aromatic heterocycles. The van der Waals surface area contributed by atoms with Gasteiger partial charge in [-0.15, -0.1) is 0 Å². The molecule has 3 rings (SSSR count). The van der Waals surface area contributed by atoms with Gasteiger partial charge in [0.2, 0.25) is 0 Å². The average molecular weight is 378 g/mol. The fraction of sp³-hybridized carbons (Fsp3) is 0.0952. The Kier molecular flexibility index (Phi) is 5.88. The number of amides is 1. The number of carboxylic acid groups (broad SMARTS) is 1. The van der Waals surface area contributed by atoms with Gasteiger partial charge in [-0.1, -0.05) is 48.6 Å². The quantitative estimate of drug-likeness (QED) is 0.774. The predicted octanol–water partition coefficient (Wildman–Crippen LogP) is 4.56. The van der Waals surface area contributed by atoms with Crippen LogP contribution in [0.1, 0.15) is 22.8 Å². The number of hydrogen-bond acceptors (Lipinski definition) is 4. The van der Waals surface area contributed by atoms with Crippen LogP contribution in [0.3, 0.4) is 0 Å². The molecule has 0 radical (unpaired) electrons. The summed E-state index contributed by atoms with van der Waals surface area (Å²) >= 11 is 1.28. The summed E-state index contributed by atoms with van der Waals surface area (Å²) in [4.78, 5) is 30.3. The van der Waals surface area contributed by atoms with E-state index in [0.717, 1.165) is 5.56 Å². The van der Waals surface area contributed by atoms with Crippen LogP contribution in [0.25, 0.3) is 6.08 Å². The highest BCUT2D eigenvalue weighted by Crippen LogP contribution is 2.32. The molecule has 1 N–H and O–H groups in total. The Morgan fingerprint density at radius 1 is 1.19 bits per heavy atom. The first-order chi connectivity index (χ1) is 13.1. The lowest BCUT2D eigenvalue weighted by Gasteiger charge is -2.12. The van der Waals surface area contributed by atoms with Gasteiger partial charge in [-0.2, -0.15) is 0 Å².